The van der Waals surface area contributed by atoms with Crippen LogP contribution in [-0.2, 0) is 55.3 Å². The van der Waals surface area contributed by atoms with Gasteiger partial charge in [0.2, 0.25) is 5.71 Å². The molecule has 4 aromatic rings. The Balaban J connectivity index is 0.00000329. The van der Waals surface area contributed by atoms with Crippen LogP contribution in [0.1, 0.15) is 58.6 Å². The summed E-state index contributed by atoms with van der Waals surface area (Å²) in [4.78, 5) is 18.4. The summed E-state index contributed by atoms with van der Waals surface area (Å²) in [5, 5.41) is 17.0. The summed E-state index contributed by atoms with van der Waals surface area (Å²) in [6, 6.07) is 16.9. The van der Waals surface area contributed by atoms with Gasteiger partial charge in [0.1, 0.15) is 10.1 Å². The minimum Gasteiger partial charge on any atom is -0.748 e. The first-order valence-electron chi connectivity index (χ1n) is 22.5. The fraction of sp³-hybridized carbons (Fsp3) is 0.375. The van der Waals surface area contributed by atoms with Crippen LogP contribution in [0.5, 0.6) is 0 Å². The molecule has 1 saturated carbocycles. The monoisotopic (exact) mass is 1110 g/mol. The van der Waals surface area contributed by atoms with Gasteiger partial charge < -0.3 is 28.9 Å². The number of fused-ring (bicyclic) bond motifs is 6. The van der Waals surface area contributed by atoms with Gasteiger partial charge in [-0.3, -0.25) is 14.5 Å². The minimum absolute atomic E-state index is 0. The molecular weight excluding hydrogens is 1050 g/mol. The van der Waals surface area contributed by atoms with E-state index in [9.17, 15) is 49.0 Å². The molecule has 0 spiro atoms. The maximum atomic E-state index is 12.8. The fourth-order valence-electron chi connectivity index (χ4n) is 10.4. The first kappa shape index (κ1) is 61.7. The van der Waals surface area contributed by atoms with Crippen molar-refractivity contribution in [2.24, 2.45) is 0 Å². The van der Waals surface area contributed by atoms with Crippen LogP contribution >= 0.6 is 12.0 Å². The summed E-state index contributed by atoms with van der Waals surface area (Å²) in [5.74, 6) is -1.22. The number of carbonyl (C=O) groups excluding carboxylic acids is 1. The molecule has 1 saturated heterocycles. The molecule has 8 rings (SSSR count). The first-order chi connectivity index (χ1) is 32.9. The molecule has 73 heavy (non-hydrogen) atoms. The van der Waals surface area contributed by atoms with Crippen molar-refractivity contribution in [2.45, 2.75) is 68.1 Å². The Morgan fingerprint density at radius 1 is 0.740 bits per heavy atom. The topological polar surface area (TPSA) is 249 Å². The van der Waals surface area contributed by atoms with E-state index >= 15 is 0 Å². The standard InChI is InChI=1S/C48H54N4O14S4.3Na/c1-6-64-46(53)50-23-21-49(22-24-50)45-31(11-19-41-47(2,3)43-37-15-13-35(67-66-65-54)29-33(37)9-17-39(43)51(41)25-27-68(55,56)57)7-8-32(45)12-20-42-48(4,5)44-38-16-14-36(70(61,62)63)30-34(38)10-18-40(44)52(42)26-28-69(58,59)60;;;/h9-20,29-30H,6-8,21-28H2,1-5H3,(H3-,54,55,56,57,58,59,60,61,62,63);;;/q;3*+1/p-2. The Bertz CT molecular complexity index is 3320. The fourth-order valence-corrected chi connectivity index (χ4v) is 12.2. The number of rotatable bonds is 13. The Hall–Kier alpha value is -2.14. The van der Waals surface area contributed by atoms with Crippen LogP contribution in [0.15, 0.2) is 117 Å². The summed E-state index contributed by atoms with van der Waals surface area (Å²) in [6.07, 6.45) is 8.72. The summed E-state index contributed by atoms with van der Waals surface area (Å²) in [7, 11) is -13.8. The summed E-state index contributed by atoms with van der Waals surface area (Å²) >= 11 is 0.770. The van der Waals surface area contributed by atoms with Crippen molar-refractivity contribution in [3.63, 3.8) is 0 Å². The zero-order chi connectivity index (χ0) is 50.6. The molecule has 0 unspecified atom stereocenters. The third-order valence-corrected chi connectivity index (χ3v) is 16.3. The van der Waals surface area contributed by atoms with Crippen LogP contribution in [0.25, 0.3) is 21.5 Å². The molecule has 4 aromatic carbocycles. The molecular formula is C48H52N4Na3O14S4+. The predicted octanol–water partition coefficient (Wildman–Crippen LogP) is -3.19. The van der Waals surface area contributed by atoms with Gasteiger partial charge in [-0.15, -0.1) is 0 Å². The molecule has 1 aliphatic carbocycles. The maximum Gasteiger partial charge on any atom is 1.00 e. The summed E-state index contributed by atoms with van der Waals surface area (Å²) < 4.78 is 119. The zero-order valence-electron chi connectivity index (χ0n) is 42.0. The Labute approximate surface area is 496 Å². The number of anilines is 2. The van der Waals surface area contributed by atoms with E-state index in [2.05, 4.69) is 13.9 Å². The van der Waals surface area contributed by atoms with Gasteiger partial charge in [-0.05, 0) is 101 Å². The number of piperazine rings is 1. The van der Waals surface area contributed by atoms with Crippen molar-refractivity contribution in [2.75, 3.05) is 67.2 Å². The molecule has 25 heteroatoms. The van der Waals surface area contributed by atoms with E-state index < -0.39 is 58.8 Å². The third-order valence-electron chi connectivity index (χ3n) is 13.5. The SMILES string of the molecule is CCOC(=O)N1CC[N+](=C2C(=C/C=C3/N(CCS(=O)(=O)[O-])c4ccc5cc(S(=O)(=O)[O-])ccc5c4C3(C)C)CCC2=C/C=C2/N(CCS(=O)(=O)O)c3ccc4cc(SOO[O-])ccc4c3C2(C)C)CC1.[Na+].[Na+].[Na+]. The predicted molar refractivity (Wildman–Crippen MR) is 261 cm³/mol. The van der Waals surface area contributed by atoms with Crippen molar-refractivity contribution in [3.8, 4) is 0 Å². The van der Waals surface area contributed by atoms with Gasteiger partial charge in [0.05, 0.1) is 58.3 Å². The molecule has 4 aliphatic rings. The van der Waals surface area contributed by atoms with Crippen LogP contribution in [0.2, 0.25) is 0 Å². The second kappa shape index (κ2) is 24.3. The van der Waals surface area contributed by atoms with Crippen molar-refractivity contribution < 1.29 is 156 Å². The van der Waals surface area contributed by atoms with Gasteiger partial charge in [-0.2, -0.15) is 12.8 Å². The van der Waals surface area contributed by atoms with Gasteiger partial charge in [0, 0.05) is 62.7 Å². The number of hydrogen-bond donors (Lipinski definition) is 1. The van der Waals surface area contributed by atoms with E-state index in [-0.39, 0.29) is 113 Å². The number of benzene rings is 4. The van der Waals surface area contributed by atoms with Crippen LogP contribution in [0.3, 0.4) is 0 Å². The van der Waals surface area contributed by atoms with Gasteiger partial charge in [-0.1, -0.05) is 64.1 Å². The average Bonchev–Trinajstić information content (AvgIpc) is 3.87. The van der Waals surface area contributed by atoms with Crippen LogP contribution < -0.4 is 104 Å². The van der Waals surface area contributed by atoms with E-state index in [1.807, 2.05) is 81.2 Å². The molecule has 2 fully saturated rings. The molecule has 18 nitrogen and oxygen atoms in total. The smallest absolute Gasteiger partial charge is 0.748 e. The minimum atomic E-state index is -4.75. The van der Waals surface area contributed by atoms with Crippen LogP contribution in [-0.4, -0.2) is 118 Å². The largest absolute Gasteiger partial charge is 1.00 e. The maximum absolute atomic E-state index is 12.8. The molecule has 0 radical (unpaired) electrons. The quantitative estimate of drug-likeness (QED) is 0.0346. The van der Waals surface area contributed by atoms with Gasteiger partial charge in [0.25, 0.3) is 10.1 Å². The van der Waals surface area contributed by atoms with Crippen LogP contribution in [0, 0.1) is 0 Å². The summed E-state index contributed by atoms with van der Waals surface area (Å²) in [5.41, 5.74) is 5.88. The zero-order valence-corrected chi connectivity index (χ0v) is 51.3. The molecule has 0 atom stereocenters. The Kier molecular flexibility index (Phi) is 20.5. The van der Waals surface area contributed by atoms with Crippen LogP contribution in [0.4, 0.5) is 16.2 Å². The van der Waals surface area contributed by atoms with Gasteiger partial charge >= 0.3 is 94.8 Å². The second-order valence-electron chi connectivity index (χ2n) is 18.5. The van der Waals surface area contributed by atoms with E-state index in [0.29, 0.717) is 66.1 Å². The third kappa shape index (κ3) is 13.2. The Morgan fingerprint density at radius 2 is 1.25 bits per heavy atom. The van der Waals surface area contributed by atoms with Gasteiger partial charge in [-0.25, -0.2) is 26.2 Å². The second-order valence-corrected chi connectivity index (χ2v) is 23.7. The molecule has 374 valence electrons. The van der Waals surface area contributed by atoms with Crippen molar-refractivity contribution in [1.29, 1.82) is 0 Å². The first-order valence-corrected chi connectivity index (χ1v) is 27.8. The van der Waals surface area contributed by atoms with E-state index in [1.54, 1.807) is 41.0 Å². The number of allylic oxidation sites excluding steroid dienone is 8. The van der Waals surface area contributed by atoms with E-state index in [0.717, 1.165) is 62.2 Å². The van der Waals surface area contributed by atoms with Crippen molar-refractivity contribution in [3.05, 3.63) is 119 Å². The molecule has 0 bridgehead atoms. The number of hydrogen-bond acceptors (Lipinski definition) is 16. The van der Waals surface area contributed by atoms with Gasteiger partial charge in [0.15, 0.2) is 13.1 Å². The Morgan fingerprint density at radius 3 is 1.73 bits per heavy atom. The van der Waals surface area contributed by atoms with Crippen molar-refractivity contribution >= 4 is 87.1 Å². The van der Waals surface area contributed by atoms with E-state index in [1.165, 1.54) is 12.1 Å². The average molecular weight is 1110 g/mol. The molecule has 0 aromatic heterocycles. The summed E-state index contributed by atoms with van der Waals surface area (Å²) in [6.45, 7) is 11.5. The number of ether oxygens (including phenoxy) is 1. The number of nitrogens with zero attached hydrogens (tertiary/aromatic N) is 4. The molecule has 1 amide bonds. The molecule has 3 aliphatic heterocycles. The number of carbonyl (C=O) groups is 1. The van der Waals surface area contributed by atoms with E-state index in [4.69, 9.17) is 4.74 Å². The van der Waals surface area contributed by atoms with Crippen molar-refractivity contribution in [1.82, 2.24) is 4.90 Å². The normalized spacial score (nSPS) is 19.7. The molecule has 1 N–H and O–H groups in total. The number of amides is 1. The molecule has 3 heterocycles.